The van der Waals surface area contributed by atoms with Crippen molar-refractivity contribution in [2.45, 2.75) is 11.8 Å². The molecule has 9 heteroatoms. The van der Waals surface area contributed by atoms with E-state index in [1.54, 1.807) is 38.4 Å². The van der Waals surface area contributed by atoms with Gasteiger partial charge in [0, 0.05) is 14.1 Å². The van der Waals surface area contributed by atoms with Crippen LogP contribution in [0.2, 0.25) is 5.02 Å². The molecule has 3 rings (SSSR count). The molecule has 2 aromatic carbocycles. The topological polar surface area (TPSA) is 90.2 Å². The second kappa shape index (κ2) is 6.86. The van der Waals surface area contributed by atoms with E-state index >= 15 is 0 Å². The number of sulfone groups is 1. The Labute approximate surface area is 161 Å². The van der Waals surface area contributed by atoms with Gasteiger partial charge in [-0.05, 0) is 42.8 Å². The third-order valence-corrected chi connectivity index (χ3v) is 6.25. The summed E-state index contributed by atoms with van der Waals surface area (Å²) < 4.78 is 28.1. The number of hydrogen-bond acceptors (Lipinski definition) is 4. The van der Waals surface area contributed by atoms with Crippen molar-refractivity contribution in [3.8, 4) is 0 Å². The standard InChI is InChI=1S/C18H18ClN3O4S/c1-11-4-6-14(13(19)8-11)20-17(23)10-27(25,26)12-5-7-15-16(9-12)22(3)18(24)21(15)2/h4-9H,10H2,1-3H3,(H,20,23). The predicted molar refractivity (Wildman–Crippen MR) is 105 cm³/mol. The summed E-state index contributed by atoms with van der Waals surface area (Å²) in [7, 11) is -0.721. The lowest BCUT2D eigenvalue weighted by Gasteiger charge is -2.09. The smallest absolute Gasteiger partial charge is 0.324 e. The Morgan fingerprint density at radius 2 is 1.74 bits per heavy atom. The molecular weight excluding hydrogens is 390 g/mol. The first kappa shape index (κ1) is 19.2. The average Bonchev–Trinajstić information content (AvgIpc) is 2.81. The Balaban J connectivity index is 1.88. The zero-order chi connectivity index (χ0) is 19.9. The van der Waals surface area contributed by atoms with Crippen LogP contribution in [0.5, 0.6) is 0 Å². The van der Waals surface area contributed by atoms with Gasteiger partial charge in [0.25, 0.3) is 0 Å². The number of halogens is 1. The van der Waals surface area contributed by atoms with Gasteiger partial charge in [-0.2, -0.15) is 0 Å². The monoisotopic (exact) mass is 407 g/mol. The fraction of sp³-hybridized carbons (Fsp3) is 0.222. The van der Waals surface area contributed by atoms with Gasteiger partial charge >= 0.3 is 5.69 Å². The number of aromatic nitrogens is 2. The molecule has 0 saturated heterocycles. The highest BCUT2D eigenvalue weighted by Crippen LogP contribution is 2.23. The maximum Gasteiger partial charge on any atom is 0.328 e. The highest BCUT2D eigenvalue weighted by atomic mass is 35.5. The van der Waals surface area contributed by atoms with E-state index in [2.05, 4.69) is 5.32 Å². The van der Waals surface area contributed by atoms with Crippen molar-refractivity contribution in [3.05, 3.63) is 57.5 Å². The second-order valence-corrected chi connectivity index (χ2v) is 8.74. The third-order valence-electron chi connectivity index (χ3n) is 4.32. The molecular formula is C18H18ClN3O4S. The van der Waals surface area contributed by atoms with Crippen LogP contribution in [0.15, 0.2) is 46.1 Å². The number of amides is 1. The van der Waals surface area contributed by atoms with Crippen molar-refractivity contribution in [1.29, 1.82) is 0 Å². The highest BCUT2D eigenvalue weighted by molar-refractivity contribution is 7.92. The summed E-state index contributed by atoms with van der Waals surface area (Å²) in [6, 6.07) is 9.41. The average molecular weight is 408 g/mol. The molecule has 0 bridgehead atoms. The fourth-order valence-corrected chi connectivity index (χ4v) is 4.28. The fourth-order valence-electron chi connectivity index (χ4n) is 2.84. The number of fused-ring (bicyclic) bond motifs is 1. The number of carbonyl (C=O) groups excluding carboxylic acids is 1. The molecule has 27 heavy (non-hydrogen) atoms. The van der Waals surface area contributed by atoms with Crippen LogP contribution >= 0.6 is 11.6 Å². The first-order valence-corrected chi connectivity index (χ1v) is 10.1. The number of rotatable bonds is 4. The van der Waals surface area contributed by atoms with Crippen LogP contribution < -0.4 is 11.0 Å². The Bertz CT molecular complexity index is 1230. The summed E-state index contributed by atoms with van der Waals surface area (Å²) in [5.74, 6) is -1.42. The van der Waals surface area contributed by atoms with Crippen molar-refractivity contribution in [2.24, 2.45) is 14.1 Å². The Morgan fingerprint density at radius 1 is 1.07 bits per heavy atom. The van der Waals surface area contributed by atoms with Crippen molar-refractivity contribution < 1.29 is 13.2 Å². The van der Waals surface area contributed by atoms with Crippen LogP contribution in [-0.2, 0) is 28.7 Å². The summed E-state index contributed by atoms with van der Waals surface area (Å²) in [4.78, 5) is 24.2. The van der Waals surface area contributed by atoms with Gasteiger partial charge in [0.15, 0.2) is 9.84 Å². The SMILES string of the molecule is Cc1ccc(NC(=O)CS(=O)(=O)c2ccc3c(c2)n(C)c(=O)n3C)c(Cl)c1. The van der Waals surface area contributed by atoms with Crippen molar-refractivity contribution >= 4 is 44.1 Å². The van der Waals surface area contributed by atoms with Crippen LogP contribution in [0.3, 0.4) is 0 Å². The van der Waals surface area contributed by atoms with E-state index in [1.807, 2.05) is 6.92 Å². The van der Waals surface area contributed by atoms with Crippen molar-refractivity contribution in [2.75, 3.05) is 11.1 Å². The number of aryl methyl sites for hydroxylation is 3. The van der Waals surface area contributed by atoms with E-state index in [4.69, 9.17) is 11.6 Å². The first-order valence-electron chi connectivity index (χ1n) is 8.04. The minimum atomic E-state index is -3.89. The number of imidazole rings is 1. The number of hydrogen-bond donors (Lipinski definition) is 1. The quantitative estimate of drug-likeness (QED) is 0.718. The minimum absolute atomic E-state index is 0.0265. The number of nitrogens with zero attached hydrogens (tertiary/aromatic N) is 2. The highest BCUT2D eigenvalue weighted by Gasteiger charge is 2.21. The zero-order valence-corrected chi connectivity index (χ0v) is 16.6. The van der Waals surface area contributed by atoms with Gasteiger partial charge in [0.1, 0.15) is 5.75 Å². The maximum absolute atomic E-state index is 12.6. The maximum atomic E-state index is 12.6. The molecule has 1 aromatic heterocycles. The molecule has 0 saturated carbocycles. The minimum Gasteiger partial charge on any atom is -0.324 e. The lowest BCUT2D eigenvalue weighted by atomic mass is 10.2. The molecule has 0 unspecified atom stereocenters. The first-order chi connectivity index (χ1) is 12.6. The van der Waals surface area contributed by atoms with E-state index in [9.17, 15) is 18.0 Å². The molecule has 0 aliphatic heterocycles. The van der Waals surface area contributed by atoms with E-state index in [0.29, 0.717) is 21.7 Å². The van der Waals surface area contributed by atoms with Gasteiger partial charge in [-0.3, -0.25) is 13.9 Å². The van der Waals surface area contributed by atoms with Gasteiger partial charge in [-0.25, -0.2) is 13.2 Å². The van der Waals surface area contributed by atoms with Crippen LogP contribution in [0, 0.1) is 6.92 Å². The van der Waals surface area contributed by atoms with Crippen LogP contribution in [0.25, 0.3) is 11.0 Å². The molecule has 7 nitrogen and oxygen atoms in total. The molecule has 0 fully saturated rings. The lowest BCUT2D eigenvalue weighted by molar-refractivity contribution is -0.113. The molecule has 0 aliphatic rings. The largest absolute Gasteiger partial charge is 0.328 e. The molecule has 0 spiro atoms. The summed E-state index contributed by atoms with van der Waals surface area (Å²) in [6.07, 6.45) is 0. The molecule has 3 aromatic rings. The Morgan fingerprint density at radius 3 is 2.41 bits per heavy atom. The van der Waals surface area contributed by atoms with Crippen LogP contribution in [0.4, 0.5) is 5.69 Å². The van der Waals surface area contributed by atoms with Crippen LogP contribution in [0.1, 0.15) is 5.56 Å². The molecule has 142 valence electrons. The van der Waals surface area contributed by atoms with Gasteiger partial charge in [-0.1, -0.05) is 17.7 Å². The van der Waals surface area contributed by atoms with E-state index in [0.717, 1.165) is 5.56 Å². The molecule has 0 aliphatic carbocycles. The summed E-state index contributed by atoms with van der Waals surface area (Å²) in [6.45, 7) is 1.86. The zero-order valence-electron chi connectivity index (χ0n) is 15.0. The normalized spacial score (nSPS) is 11.7. The van der Waals surface area contributed by atoms with Crippen molar-refractivity contribution in [1.82, 2.24) is 9.13 Å². The third kappa shape index (κ3) is 3.63. The number of carbonyl (C=O) groups is 1. The second-order valence-electron chi connectivity index (χ2n) is 6.34. The van der Waals surface area contributed by atoms with Gasteiger partial charge < -0.3 is 5.32 Å². The molecule has 0 radical (unpaired) electrons. The molecule has 1 heterocycles. The van der Waals surface area contributed by atoms with E-state index in [1.165, 1.54) is 21.3 Å². The van der Waals surface area contributed by atoms with Gasteiger partial charge in [0.2, 0.25) is 5.91 Å². The molecule has 1 N–H and O–H groups in total. The van der Waals surface area contributed by atoms with E-state index in [-0.39, 0.29) is 10.6 Å². The Hall–Kier alpha value is -2.58. The number of nitrogens with one attached hydrogen (secondary N) is 1. The summed E-state index contributed by atoms with van der Waals surface area (Å²) in [5, 5.41) is 2.85. The summed E-state index contributed by atoms with van der Waals surface area (Å²) >= 11 is 6.06. The molecule has 0 atom stereocenters. The number of benzene rings is 2. The van der Waals surface area contributed by atoms with Crippen LogP contribution in [-0.4, -0.2) is 29.2 Å². The lowest BCUT2D eigenvalue weighted by Crippen LogP contribution is -2.23. The number of anilines is 1. The predicted octanol–water partition coefficient (Wildman–Crippen LogP) is 2.25. The summed E-state index contributed by atoms with van der Waals surface area (Å²) in [5.41, 5.74) is 2.10. The van der Waals surface area contributed by atoms with Crippen molar-refractivity contribution in [3.63, 3.8) is 0 Å². The van der Waals surface area contributed by atoms with Gasteiger partial charge in [-0.15, -0.1) is 0 Å². The molecule has 1 amide bonds. The van der Waals surface area contributed by atoms with E-state index < -0.39 is 21.5 Å². The Kier molecular flexibility index (Phi) is 4.88. The van der Waals surface area contributed by atoms with Gasteiger partial charge in [0.05, 0.1) is 26.6 Å².